The third kappa shape index (κ3) is 39.2. The standard InChI is InChI=1S/C43H83N3O2/c1-4-6-8-10-12-14-16-18-20-22-24-26-28-30-32-34-42(47)40-44-36-38-46(3)39-37-45-41-43(48)35-33-31-29-27-25-23-21-19-17-15-13-11-9-7-5-2/h18-21,24-27,42-45,47-48H,4-17,22-23,28-41H2,1-3H3/b20-18-,21-19-,26-24-,27-25-. The molecule has 0 bridgehead atoms. The van der Waals surface area contributed by atoms with Gasteiger partial charge in [0.05, 0.1) is 12.2 Å². The largest absolute Gasteiger partial charge is 0.392 e. The molecule has 4 N–H and O–H groups in total. The molecule has 0 aliphatic heterocycles. The summed E-state index contributed by atoms with van der Waals surface area (Å²) < 4.78 is 0. The highest BCUT2D eigenvalue weighted by molar-refractivity contribution is 4.93. The summed E-state index contributed by atoms with van der Waals surface area (Å²) in [4.78, 5) is 2.30. The van der Waals surface area contributed by atoms with Crippen LogP contribution < -0.4 is 10.6 Å². The summed E-state index contributed by atoms with van der Waals surface area (Å²) >= 11 is 0. The van der Waals surface area contributed by atoms with Gasteiger partial charge in [0.2, 0.25) is 0 Å². The Bertz CT molecular complexity index is 676. The van der Waals surface area contributed by atoms with Crippen LogP contribution in [0.3, 0.4) is 0 Å². The monoisotopic (exact) mass is 674 g/mol. The van der Waals surface area contributed by atoms with Gasteiger partial charge >= 0.3 is 0 Å². The molecule has 0 radical (unpaired) electrons. The van der Waals surface area contributed by atoms with E-state index in [-0.39, 0.29) is 12.2 Å². The second kappa shape index (κ2) is 40.2. The highest BCUT2D eigenvalue weighted by Crippen LogP contribution is 2.09. The maximum Gasteiger partial charge on any atom is 0.0664 e. The highest BCUT2D eigenvalue weighted by Gasteiger charge is 2.05. The van der Waals surface area contributed by atoms with Crippen LogP contribution in [0.25, 0.3) is 0 Å². The molecule has 0 aliphatic carbocycles. The van der Waals surface area contributed by atoms with Crippen LogP contribution in [0.2, 0.25) is 0 Å². The summed E-state index contributed by atoms with van der Waals surface area (Å²) in [6.07, 6.45) is 47.3. The predicted molar refractivity (Wildman–Crippen MR) is 214 cm³/mol. The zero-order chi connectivity index (χ0) is 35.0. The molecule has 0 aromatic rings. The van der Waals surface area contributed by atoms with Crippen LogP contribution in [-0.4, -0.2) is 73.6 Å². The second-order valence-electron chi connectivity index (χ2n) is 14.1. The Morgan fingerprint density at radius 3 is 1.17 bits per heavy atom. The van der Waals surface area contributed by atoms with E-state index in [1.807, 2.05) is 0 Å². The van der Waals surface area contributed by atoms with Crippen LogP contribution >= 0.6 is 0 Å². The molecule has 5 heteroatoms. The van der Waals surface area contributed by atoms with Crippen molar-refractivity contribution in [1.82, 2.24) is 15.5 Å². The van der Waals surface area contributed by atoms with Crippen molar-refractivity contribution in [3.63, 3.8) is 0 Å². The predicted octanol–water partition coefficient (Wildman–Crippen LogP) is 10.4. The number of unbranched alkanes of at least 4 members (excludes halogenated alkanes) is 16. The molecule has 0 aromatic carbocycles. The summed E-state index contributed by atoms with van der Waals surface area (Å²) in [5, 5.41) is 27.4. The minimum absolute atomic E-state index is 0.259. The van der Waals surface area contributed by atoms with Gasteiger partial charge in [0.25, 0.3) is 0 Å². The van der Waals surface area contributed by atoms with E-state index in [0.29, 0.717) is 13.1 Å². The minimum atomic E-state index is -0.259. The number of aliphatic hydroxyl groups excluding tert-OH is 2. The van der Waals surface area contributed by atoms with Gasteiger partial charge in [-0.15, -0.1) is 0 Å². The molecule has 0 rings (SSSR count). The summed E-state index contributed by atoms with van der Waals surface area (Å²) in [6.45, 7) is 9.56. The van der Waals surface area contributed by atoms with Gasteiger partial charge in [0.1, 0.15) is 0 Å². The molecule has 0 saturated carbocycles. The number of hydrogen-bond donors (Lipinski definition) is 4. The Balaban J connectivity index is 3.49. The number of aliphatic hydroxyl groups is 2. The van der Waals surface area contributed by atoms with Crippen molar-refractivity contribution in [2.75, 3.05) is 46.3 Å². The number of nitrogens with one attached hydrogen (secondary N) is 2. The average Bonchev–Trinajstić information content (AvgIpc) is 3.08. The Morgan fingerprint density at radius 2 is 0.792 bits per heavy atom. The van der Waals surface area contributed by atoms with Crippen LogP contribution in [0.5, 0.6) is 0 Å². The third-order valence-corrected chi connectivity index (χ3v) is 9.08. The number of allylic oxidation sites excluding steroid dienone is 8. The molecule has 0 fully saturated rings. The highest BCUT2D eigenvalue weighted by atomic mass is 16.3. The first-order chi connectivity index (χ1) is 23.6. The fourth-order valence-electron chi connectivity index (χ4n) is 5.78. The molecule has 0 saturated heterocycles. The summed E-state index contributed by atoms with van der Waals surface area (Å²) in [6, 6.07) is 0. The maximum atomic E-state index is 10.3. The third-order valence-electron chi connectivity index (χ3n) is 9.08. The van der Waals surface area contributed by atoms with Gasteiger partial charge in [-0.05, 0) is 84.1 Å². The molecular formula is C43H83N3O2. The first kappa shape index (κ1) is 46.8. The lowest BCUT2D eigenvalue weighted by atomic mass is 10.1. The van der Waals surface area contributed by atoms with Crippen LogP contribution in [0.15, 0.2) is 48.6 Å². The molecule has 282 valence electrons. The van der Waals surface area contributed by atoms with Crippen LogP contribution in [0, 0.1) is 0 Å². The Hall–Kier alpha value is -1.24. The first-order valence-electron chi connectivity index (χ1n) is 20.7. The van der Waals surface area contributed by atoms with Crippen LogP contribution in [0.4, 0.5) is 0 Å². The molecule has 2 unspecified atom stereocenters. The van der Waals surface area contributed by atoms with Gasteiger partial charge in [-0.25, -0.2) is 0 Å². The van der Waals surface area contributed by atoms with E-state index < -0.39 is 0 Å². The van der Waals surface area contributed by atoms with Crippen molar-refractivity contribution in [1.29, 1.82) is 0 Å². The van der Waals surface area contributed by atoms with Crippen molar-refractivity contribution in [3.05, 3.63) is 48.6 Å². The molecule has 0 aromatic heterocycles. The van der Waals surface area contributed by atoms with Crippen LogP contribution in [0.1, 0.15) is 168 Å². The SMILES string of the molecule is CCCCCCCC/C=C\C/C=C\CCCCC(O)CNCCN(C)CCNCC(O)CCCC/C=C\C/C=C\CCCCCCCC. The molecule has 2 atom stereocenters. The summed E-state index contributed by atoms with van der Waals surface area (Å²) in [5.41, 5.74) is 0. The van der Waals surface area contributed by atoms with E-state index in [4.69, 9.17) is 0 Å². The van der Waals surface area contributed by atoms with Gasteiger partial charge in [0.15, 0.2) is 0 Å². The Kier molecular flexibility index (Phi) is 39.2. The van der Waals surface area contributed by atoms with Crippen LogP contribution in [-0.2, 0) is 0 Å². The molecule has 0 spiro atoms. The minimum Gasteiger partial charge on any atom is -0.392 e. The maximum absolute atomic E-state index is 10.3. The fourth-order valence-corrected chi connectivity index (χ4v) is 5.78. The van der Waals surface area contributed by atoms with E-state index in [1.165, 1.54) is 89.9 Å². The van der Waals surface area contributed by atoms with E-state index in [1.54, 1.807) is 0 Å². The van der Waals surface area contributed by atoms with Crippen molar-refractivity contribution in [3.8, 4) is 0 Å². The van der Waals surface area contributed by atoms with Crippen molar-refractivity contribution in [2.24, 2.45) is 0 Å². The average molecular weight is 674 g/mol. The van der Waals surface area contributed by atoms with Crippen molar-refractivity contribution in [2.45, 2.75) is 180 Å². The summed E-state index contributed by atoms with van der Waals surface area (Å²) in [7, 11) is 2.13. The normalized spacial score (nSPS) is 13.8. The molecular weight excluding hydrogens is 590 g/mol. The number of rotatable bonds is 38. The van der Waals surface area contributed by atoms with Gasteiger partial charge in [0, 0.05) is 39.3 Å². The van der Waals surface area contributed by atoms with E-state index in [9.17, 15) is 10.2 Å². The molecule has 48 heavy (non-hydrogen) atoms. The molecule has 0 aliphatic rings. The van der Waals surface area contributed by atoms with Gasteiger partial charge in [-0.1, -0.05) is 140 Å². The van der Waals surface area contributed by atoms with Gasteiger partial charge in [-0.2, -0.15) is 0 Å². The number of hydrogen-bond acceptors (Lipinski definition) is 5. The quantitative estimate of drug-likeness (QED) is 0.0388. The topological polar surface area (TPSA) is 67.8 Å². The fraction of sp³-hybridized carbons (Fsp3) is 0.814. The molecule has 0 heterocycles. The first-order valence-corrected chi connectivity index (χ1v) is 20.7. The van der Waals surface area contributed by atoms with E-state index in [0.717, 1.165) is 90.4 Å². The second-order valence-corrected chi connectivity index (χ2v) is 14.1. The smallest absolute Gasteiger partial charge is 0.0664 e. The van der Waals surface area contributed by atoms with Crippen molar-refractivity contribution >= 4 is 0 Å². The number of nitrogens with zero attached hydrogens (tertiary/aromatic N) is 1. The van der Waals surface area contributed by atoms with E-state index in [2.05, 4.69) is 85.0 Å². The lowest BCUT2D eigenvalue weighted by molar-refractivity contribution is 0.155. The number of likely N-dealkylation sites (N-methyl/N-ethyl adjacent to an activating group) is 1. The van der Waals surface area contributed by atoms with Crippen molar-refractivity contribution < 1.29 is 10.2 Å². The zero-order valence-corrected chi connectivity index (χ0v) is 32.3. The molecule has 0 amide bonds. The zero-order valence-electron chi connectivity index (χ0n) is 32.3. The van der Waals surface area contributed by atoms with Gasteiger partial charge < -0.3 is 25.7 Å². The molecule has 5 nitrogen and oxygen atoms in total. The van der Waals surface area contributed by atoms with Gasteiger partial charge in [-0.3, -0.25) is 0 Å². The Labute approximate surface area is 300 Å². The summed E-state index contributed by atoms with van der Waals surface area (Å²) in [5.74, 6) is 0. The van der Waals surface area contributed by atoms with E-state index >= 15 is 0 Å². The lowest BCUT2D eigenvalue weighted by Gasteiger charge is -2.19. The lowest BCUT2D eigenvalue weighted by Crippen LogP contribution is -2.38. The Morgan fingerprint density at radius 1 is 0.458 bits per heavy atom.